The molecule has 0 spiro atoms. The van der Waals surface area contributed by atoms with Crippen molar-refractivity contribution < 1.29 is 4.39 Å². The molecule has 0 saturated heterocycles. The van der Waals surface area contributed by atoms with Crippen molar-refractivity contribution in [3.8, 4) is 0 Å². The number of aromatic amines is 1. The molecule has 0 aliphatic heterocycles. The van der Waals surface area contributed by atoms with E-state index >= 15 is 0 Å². The standard InChI is InChI=1S/C12H12FN/c1-3-8(2)11-7-14-12-5-4-9(13)6-10(11)12/h4-7,14H,2-3H2,1H3. The molecule has 1 nitrogen and oxygen atoms in total. The molecule has 1 N–H and O–H groups in total. The number of nitrogens with one attached hydrogen (secondary N) is 1. The van der Waals surface area contributed by atoms with Gasteiger partial charge in [0.2, 0.25) is 0 Å². The topological polar surface area (TPSA) is 15.8 Å². The molecule has 0 fully saturated rings. The van der Waals surface area contributed by atoms with Crippen molar-refractivity contribution in [1.29, 1.82) is 0 Å². The van der Waals surface area contributed by atoms with E-state index in [-0.39, 0.29) is 5.82 Å². The first kappa shape index (κ1) is 9.00. The molecule has 2 aromatic rings. The Bertz CT molecular complexity index is 482. The molecular formula is C12H12FN. The zero-order chi connectivity index (χ0) is 10.1. The zero-order valence-electron chi connectivity index (χ0n) is 8.10. The first-order valence-corrected chi connectivity index (χ1v) is 4.67. The van der Waals surface area contributed by atoms with Crippen LogP contribution in [-0.2, 0) is 0 Å². The van der Waals surface area contributed by atoms with Crippen LogP contribution in [0.3, 0.4) is 0 Å². The summed E-state index contributed by atoms with van der Waals surface area (Å²) in [5, 5.41) is 0.914. The highest BCUT2D eigenvalue weighted by Crippen LogP contribution is 2.26. The van der Waals surface area contributed by atoms with Crippen molar-refractivity contribution in [2.75, 3.05) is 0 Å². The van der Waals surface area contributed by atoms with E-state index in [1.165, 1.54) is 6.07 Å². The van der Waals surface area contributed by atoms with Gasteiger partial charge in [-0.2, -0.15) is 0 Å². The van der Waals surface area contributed by atoms with Gasteiger partial charge in [-0.1, -0.05) is 13.5 Å². The van der Waals surface area contributed by atoms with E-state index in [0.717, 1.165) is 28.5 Å². The monoisotopic (exact) mass is 189 g/mol. The lowest BCUT2D eigenvalue weighted by Gasteiger charge is -1.99. The van der Waals surface area contributed by atoms with Crippen LogP contribution in [0.15, 0.2) is 31.0 Å². The van der Waals surface area contributed by atoms with E-state index in [2.05, 4.69) is 11.6 Å². The van der Waals surface area contributed by atoms with Crippen LogP contribution in [0.4, 0.5) is 4.39 Å². The lowest BCUT2D eigenvalue weighted by molar-refractivity contribution is 0.629. The molecule has 2 rings (SSSR count). The molecule has 72 valence electrons. The Morgan fingerprint density at radius 2 is 2.29 bits per heavy atom. The van der Waals surface area contributed by atoms with E-state index in [4.69, 9.17) is 0 Å². The van der Waals surface area contributed by atoms with Crippen molar-refractivity contribution in [2.24, 2.45) is 0 Å². The predicted molar refractivity (Wildman–Crippen MR) is 57.6 cm³/mol. The van der Waals surface area contributed by atoms with E-state index < -0.39 is 0 Å². The fourth-order valence-corrected chi connectivity index (χ4v) is 1.58. The third-order valence-corrected chi connectivity index (χ3v) is 2.45. The molecule has 0 aliphatic rings. The second-order valence-corrected chi connectivity index (χ2v) is 3.35. The second kappa shape index (κ2) is 3.29. The largest absolute Gasteiger partial charge is 0.361 e. The summed E-state index contributed by atoms with van der Waals surface area (Å²) in [6.45, 7) is 6.00. The lowest BCUT2D eigenvalue weighted by atomic mass is 10.0. The maximum Gasteiger partial charge on any atom is 0.123 e. The summed E-state index contributed by atoms with van der Waals surface area (Å²) in [5.41, 5.74) is 3.00. The quantitative estimate of drug-likeness (QED) is 0.740. The van der Waals surface area contributed by atoms with Crippen LogP contribution in [0.5, 0.6) is 0 Å². The summed E-state index contributed by atoms with van der Waals surface area (Å²) in [7, 11) is 0. The SMILES string of the molecule is C=C(CC)c1c[nH]c2ccc(F)cc12. The minimum Gasteiger partial charge on any atom is -0.361 e. The normalized spacial score (nSPS) is 10.7. The summed E-state index contributed by atoms with van der Waals surface area (Å²) in [5.74, 6) is -0.206. The van der Waals surface area contributed by atoms with Gasteiger partial charge in [0.1, 0.15) is 5.82 Å². The van der Waals surface area contributed by atoms with Gasteiger partial charge in [-0.3, -0.25) is 0 Å². The van der Waals surface area contributed by atoms with Crippen molar-refractivity contribution >= 4 is 16.5 Å². The maximum absolute atomic E-state index is 13.0. The number of fused-ring (bicyclic) bond motifs is 1. The summed E-state index contributed by atoms with van der Waals surface area (Å²) >= 11 is 0. The fourth-order valence-electron chi connectivity index (χ4n) is 1.58. The molecule has 2 heteroatoms. The average Bonchev–Trinajstić information content (AvgIpc) is 2.59. The highest BCUT2D eigenvalue weighted by atomic mass is 19.1. The first-order valence-electron chi connectivity index (χ1n) is 4.67. The first-order chi connectivity index (χ1) is 6.72. The van der Waals surface area contributed by atoms with E-state index in [1.807, 2.05) is 13.1 Å². The van der Waals surface area contributed by atoms with E-state index in [0.29, 0.717) is 0 Å². The van der Waals surface area contributed by atoms with E-state index in [1.54, 1.807) is 12.1 Å². The third-order valence-electron chi connectivity index (χ3n) is 2.45. The second-order valence-electron chi connectivity index (χ2n) is 3.35. The van der Waals surface area contributed by atoms with Gasteiger partial charge < -0.3 is 4.98 Å². The summed E-state index contributed by atoms with van der Waals surface area (Å²) in [6, 6.07) is 4.75. The number of benzene rings is 1. The van der Waals surface area contributed by atoms with Crippen LogP contribution in [0.1, 0.15) is 18.9 Å². The number of halogens is 1. The molecule has 0 amide bonds. The predicted octanol–water partition coefficient (Wildman–Crippen LogP) is 3.73. The van der Waals surface area contributed by atoms with Crippen LogP contribution in [-0.4, -0.2) is 4.98 Å². The number of hydrogen-bond acceptors (Lipinski definition) is 0. The molecule has 1 heterocycles. The van der Waals surface area contributed by atoms with E-state index in [9.17, 15) is 4.39 Å². The molecule has 0 radical (unpaired) electrons. The van der Waals surface area contributed by atoms with Gasteiger partial charge in [0.15, 0.2) is 0 Å². The summed E-state index contributed by atoms with van der Waals surface area (Å²) in [4.78, 5) is 3.10. The van der Waals surface area contributed by atoms with Crippen LogP contribution >= 0.6 is 0 Å². The summed E-state index contributed by atoms with van der Waals surface area (Å²) < 4.78 is 13.0. The van der Waals surface area contributed by atoms with Crippen LogP contribution < -0.4 is 0 Å². The number of H-pyrrole nitrogens is 1. The molecule has 1 aromatic heterocycles. The number of aromatic nitrogens is 1. The van der Waals surface area contributed by atoms with Crippen LogP contribution in [0, 0.1) is 5.82 Å². The Balaban J connectivity index is 2.67. The van der Waals surface area contributed by atoms with Gasteiger partial charge in [0, 0.05) is 22.7 Å². The molecule has 0 bridgehead atoms. The van der Waals surface area contributed by atoms with Crippen LogP contribution in [0.25, 0.3) is 16.5 Å². The Hall–Kier alpha value is -1.57. The Morgan fingerprint density at radius 3 is 3.00 bits per heavy atom. The molecule has 1 aromatic carbocycles. The molecule has 0 unspecified atom stereocenters. The van der Waals surface area contributed by atoms with Crippen molar-refractivity contribution in [3.63, 3.8) is 0 Å². The Morgan fingerprint density at radius 1 is 1.50 bits per heavy atom. The molecule has 14 heavy (non-hydrogen) atoms. The fraction of sp³-hybridized carbons (Fsp3) is 0.167. The van der Waals surface area contributed by atoms with Crippen molar-refractivity contribution in [3.05, 3.63) is 42.4 Å². The number of hydrogen-bond donors (Lipinski definition) is 1. The number of rotatable bonds is 2. The highest BCUT2D eigenvalue weighted by Gasteiger charge is 2.06. The zero-order valence-corrected chi connectivity index (χ0v) is 8.10. The molecule has 0 aliphatic carbocycles. The van der Waals surface area contributed by atoms with Gasteiger partial charge in [-0.15, -0.1) is 0 Å². The van der Waals surface area contributed by atoms with Gasteiger partial charge in [-0.05, 0) is 30.2 Å². The Kier molecular flexibility index (Phi) is 2.12. The minimum absolute atomic E-state index is 0.206. The van der Waals surface area contributed by atoms with Crippen LogP contribution in [0.2, 0.25) is 0 Å². The average molecular weight is 189 g/mol. The highest BCUT2D eigenvalue weighted by molar-refractivity contribution is 5.92. The summed E-state index contributed by atoms with van der Waals surface area (Å²) in [6.07, 6.45) is 2.76. The Labute approximate surface area is 82.3 Å². The minimum atomic E-state index is -0.206. The molecular weight excluding hydrogens is 177 g/mol. The van der Waals surface area contributed by atoms with Crippen molar-refractivity contribution in [1.82, 2.24) is 4.98 Å². The van der Waals surface area contributed by atoms with Gasteiger partial charge >= 0.3 is 0 Å². The molecule has 0 atom stereocenters. The lowest BCUT2D eigenvalue weighted by Crippen LogP contribution is -1.79. The third kappa shape index (κ3) is 1.33. The number of allylic oxidation sites excluding steroid dienone is 1. The van der Waals surface area contributed by atoms with Crippen molar-refractivity contribution in [2.45, 2.75) is 13.3 Å². The van der Waals surface area contributed by atoms with Gasteiger partial charge in [-0.25, -0.2) is 4.39 Å². The smallest absolute Gasteiger partial charge is 0.123 e. The maximum atomic E-state index is 13.0. The van der Waals surface area contributed by atoms with Gasteiger partial charge in [0.05, 0.1) is 0 Å². The molecule has 0 saturated carbocycles. The van der Waals surface area contributed by atoms with Gasteiger partial charge in [0.25, 0.3) is 0 Å².